The number of benzene rings is 2. The van der Waals surface area contributed by atoms with Gasteiger partial charge in [-0.05, 0) is 42.8 Å². The summed E-state index contributed by atoms with van der Waals surface area (Å²) in [5.74, 6) is 0.106. The van der Waals surface area contributed by atoms with Crippen molar-refractivity contribution in [2.24, 2.45) is 0 Å². The van der Waals surface area contributed by atoms with E-state index in [4.69, 9.17) is 4.74 Å². The maximum atomic E-state index is 12.8. The molecule has 0 aromatic heterocycles. The Kier molecular flexibility index (Phi) is 3.87. The zero-order valence-electron chi connectivity index (χ0n) is 13.8. The summed E-state index contributed by atoms with van der Waals surface area (Å²) in [5.41, 5.74) is 0.411. The van der Waals surface area contributed by atoms with E-state index in [-0.39, 0.29) is 16.6 Å². The normalized spacial score (nSPS) is 20.1. The molecule has 0 saturated carbocycles. The molecule has 0 saturated heterocycles. The molecule has 1 aliphatic heterocycles. The van der Waals surface area contributed by atoms with Gasteiger partial charge in [-0.3, -0.25) is 4.79 Å². The van der Waals surface area contributed by atoms with Crippen LogP contribution in [0.15, 0.2) is 53.4 Å². The standard InChI is InChI=1S/C18H19NO4S/c1-18(15-6-4-5-7-16(15)19(2)17(18)20)12-24(21,22)14-10-8-13(23-3)9-11-14/h4-11H,12H2,1-3H3. The number of sulfone groups is 1. The van der Waals surface area contributed by atoms with Gasteiger partial charge in [-0.25, -0.2) is 8.42 Å². The van der Waals surface area contributed by atoms with Crippen molar-refractivity contribution in [2.45, 2.75) is 17.2 Å². The number of rotatable bonds is 4. The number of hydrogen-bond acceptors (Lipinski definition) is 4. The summed E-state index contributed by atoms with van der Waals surface area (Å²) in [6.45, 7) is 1.69. The van der Waals surface area contributed by atoms with Gasteiger partial charge in [-0.15, -0.1) is 0 Å². The molecule has 1 heterocycles. The number of ether oxygens (including phenoxy) is 1. The highest BCUT2D eigenvalue weighted by molar-refractivity contribution is 7.91. The Balaban J connectivity index is 2.01. The van der Waals surface area contributed by atoms with E-state index in [0.29, 0.717) is 5.75 Å². The highest BCUT2D eigenvalue weighted by Crippen LogP contribution is 2.42. The Labute approximate surface area is 141 Å². The van der Waals surface area contributed by atoms with Crippen molar-refractivity contribution < 1.29 is 17.9 Å². The molecule has 0 spiro atoms. The minimum absolute atomic E-state index is 0.185. The molecule has 2 aromatic rings. The summed E-state index contributed by atoms with van der Waals surface area (Å²) in [7, 11) is -0.434. The van der Waals surface area contributed by atoms with Gasteiger partial charge in [0.25, 0.3) is 0 Å². The van der Waals surface area contributed by atoms with Crippen molar-refractivity contribution in [1.82, 2.24) is 0 Å². The largest absolute Gasteiger partial charge is 0.497 e. The first kappa shape index (κ1) is 16.5. The molecule has 0 bridgehead atoms. The van der Waals surface area contributed by atoms with Crippen molar-refractivity contribution in [2.75, 3.05) is 24.8 Å². The Bertz CT molecular complexity index is 889. The third-order valence-corrected chi connectivity index (χ3v) is 6.48. The van der Waals surface area contributed by atoms with Crippen LogP contribution in [0, 0.1) is 0 Å². The summed E-state index contributed by atoms with van der Waals surface area (Å²) < 4.78 is 30.7. The van der Waals surface area contributed by atoms with E-state index in [1.165, 1.54) is 24.1 Å². The third-order valence-electron chi connectivity index (χ3n) is 4.53. The molecule has 2 aromatic carbocycles. The third kappa shape index (κ3) is 2.47. The molecule has 1 atom stereocenters. The maximum Gasteiger partial charge on any atom is 0.238 e. The van der Waals surface area contributed by atoms with Crippen molar-refractivity contribution >= 4 is 21.4 Å². The lowest BCUT2D eigenvalue weighted by Gasteiger charge is -2.23. The summed E-state index contributed by atoms with van der Waals surface area (Å²) >= 11 is 0. The second kappa shape index (κ2) is 5.63. The molecule has 1 unspecified atom stereocenters. The Morgan fingerprint density at radius 2 is 1.71 bits per heavy atom. The quantitative estimate of drug-likeness (QED) is 0.854. The van der Waals surface area contributed by atoms with Crippen LogP contribution in [-0.4, -0.2) is 34.2 Å². The van der Waals surface area contributed by atoms with Crippen LogP contribution in [0.3, 0.4) is 0 Å². The summed E-state index contributed by atoms with van der Waals surface area (Å²) in [6.07, 6.45) is 0. The number of fused-ring (bicyclic) bond motifs is 1. The fourth-order valence-corrected chi connectivity index (χ4v) is 4.97. The van der Waals surface area contributed by atoms with Gasteiger partial charge < -0.3 is 9.64 Å². The van der Waals surface area contributed by atoms with Gasteiger partial charge in [0.2, 0.25) is 5.91 Å². The molecular weight excluding hydrogens is 326 g/mol. The van der Waals surface area contributed by atoms with Gasteiger partial charge in [-0.2, -0.15) is 0 Å². The molecule has 6 heteroatoms. The lowest BCUT2D eigenvalue weighted by atomic mass is 9.86. The van der Waals surface area contributed by atoms with Crippen LogP contribution in [0.25, 0.3) is 0 Å². The van der Waals surface area contributed by atoms with Gasteiger partial charge in [-0.1, -0.05) is 18.2 Å². The molecule has 0 fully saturated rings. The Morgan fingerprint density at radius 1 is 1.08 bits per heavy atom. The van der Waals surface area contributed by atoms with E-state index in [1.54, 1.807) is 26.1 Å². The maximum absolute atomic E-state index is 12.8. The van der Waals surface area contributed by atoms with Crippen LogP contribution < -0.4 is 9.64 Å². The predicted molar refractivity (Wildman–Crippen MR) is 92.3 cm³/mol. The number of nitrogens with zero attached hydrogens (tertiary/aromatic N) is 1. The number of anilines is 1. The smallest absolute Gasteiger partial charge is 0.238 e. The predicted octanol–water partition coefficient (Wildman–Crippen LogP) is 2.40. The fourth-order valence-electron chi connectivity index (χ4n) is 3.21. The first-order valence-corrected chi connectivity index (χ1v) is 9.19. The minimum atomic E-state index is -3.63. The summed E-state index contributed by atoms with van der Waals surface area (Å²) in [5, 5.41) is 0. The highest BCUT2D eigenvalue weighted by atomic mass is 32.2. The average Bonchev–Trinajstić information content (AvgIpc) is 2.77. The summed E-state index contributed by atoms with van der Waals surface area (Å²) in [4.78, 5) is 14.4. The van der Waals surface area contributed by atoms with Crippen LogP contribution in [0.4, 0.5) is 5.69 Å². The second-order valence-corrected chi connectivity index (χ2v) is 8.14. The summed E-state index contributed by atoms with van der Waals surface area (Å²) in [6, 6.07) is 13.5. The van der Waals surface area contributed by atoms with Crippen LogP contribution >= 0.6 is 0 Å². The zero-order valence-corrected chi connectivity index (χ0v) is 14.6. The Hall–Kier alpha value is -2.34. The lowest BCUT2D eigenvalue weighted by Crippen LogP contribution is -2.41. The monoisotopic (exact) mass is 345 g/mol. The highest BCUT2D eigenvalue weighted by Gasteiger charge is 2.48. The van der Waals surface area contributed by atoms with Gasteiger partial charge in [0, 0.05) is 12.7 Å². The van der Waals surface area contributed by atoms with E-state index in [0.717, 1.165) is 11.3 Å². The van der Waals surface area contributed by atoms with E-state index in [9.17, 15) is 13.2 Å². The van der Waals surface area contributed by atoms with Gasteiger partial charge in [0.1, 0.15) is 5.75 Å². The van der Waals surface area contributed by atoms with Crippen molar-refractivity contribution in [1.29, 1.82) is 0 Å². The molecule has 1 amide bonds. The van der Waals surface area contributed by atoms with Crippen LogP contribution in [0.1, 0.15) is 12.5 Å². The topological polar surface area (TPSA) is 63.7 Å². The van der Waals surface area contributed by atoms with E-state index in [2.05, 4.69) is 0 Å². The number of para-hydroxylation sites is 1. The average molecular weight is 345 g/mol. The molecule has 24 heavy (non-hydrogen) atoms. The lowest BCUT2D eigenvalue weighted by molar-refractivity contribution is -0.121. The van der Waals surface area contributed by atoms with Crippen molar-refractivity contribution in [3.63, 3.8) is 0 Å². The van der Waals surface area contributed by atoms with Crippen LogP contribution in [-0.2, 0) is 20.0 Å². The number of likely N-dealkylation sites (N-methyl/N-ethyl adjacent to an activating group) is 1. The fraction of sp³-hybridized carbons (Fsp3) is 0.278. The minimum Gasteiger partial charge on any atom is -0.497 e. The van der Waals surface area contributed by atoms with Gasteiger partial charge in [0.05, 0.1) is 23.2 Å². The van der Waals surface area contributed by atoms with Crippen LogP contribution in [0.5, 0.6) is 5.75 Å². The molecular formula is C18H19NO4S. The molecule has 0 aliphatic carbocycles. The molecule has 3 rings (SSSR count). The Morgan fingerprint density at radius 3 is 2.33 bits per heavy atom. The van der Waals surface area contributed by atoms with Gasteiger partial charge >= 0.3 is 0 Å². The van der Waals surface area contributed by atoms with Crippen molar-refractivity contribution in [3.8, 4) is 5.75 Å². The molecule has 126 valence electrons. The number of methoxy groups -OCH3 is 1. The van der Waals surface area contributed by atoms with Gasteiger partial charge in [0.15, 0.2) is 9.84 Å². The molecule has 5 nitrogen and oxygen atoms in total. The van der Waals surface area contributed by atoms with E-state index >= 15 is 0 Å². The second-order valence-electron chi connectivity index (χ2n) is 6.15. The number of amides is 1. The number of carbonyl (C=O) groups excluding carboxylic acids is 1. The first-order valence-electron chi connectivity index (χ1n) is 7.54. The SMILES string of the molecule is COc1ccc(S(=O)(=O)CC2(C)C(=O)N(C)c3ccccc32)cc1. The number of carbonyl (C=O) groups is 1. The van der Waals surface area contributed by atoms with E-state index < -0.39 is 15.3 Å². The number of hydrogen-bond donors (Lipinski definition) is 0. The van der Waals surface area contributed by atoms with Crippen LogP contribution in [0.2, 0.25) is 0 Å². The first-order chi connectivity index (χ1) is 11.3. The van der Waals surface area contributed by atoms with E-state index in [1.807, 2.05) is 24.3 Å². The molecule has 1 aliphatic rings. The zero-order chi connectivity index (χ0) is 17.5. The molecule has 0 N–H and O–H groups in total. The molecule has 0 radical (unpaired) electrons. The van der Waals surface area contributed by atoms with Crippen molar-refractivity contribution in [3.05, 3.63) is 54.1 Å².